The average molecular weight is 599 g/mol. The van der Waals surface area contributed by atoms with Gasteiger partial charge in [-0.05, 0) is 68.1 Å². The van der Waals surface area contributed by atoms with Gasteiger partial charge >= 0.3 is 0 Å². The summed E-state index contributed by atoms with van der Waals surface area (Å²) in [6.07, 6.45) is 0. The van der Waals surface area contributed by atoms with Gasteiger partial charge in [0, 0.05) is 36.0 Å². The van der Waals surface area contributed by atoms with Crippen molar-refractivity contribution in [3.63, 3.8) is 0 Å². The molecule has 0 spiro atoms. The van der Waals surface area contributed by atoms with E-state index in [0.717, 1.165) is 0 Å². The van der Waals surface area contributed by atoms with Crippen LogP contribution in [-0.2, 0) is 0 Å². The third kappa shape index (κ3) is 3.21. The molecule has 3 aliphatic rings. The molecule has 6 aromatic carbocycles. The van der Waals surface area contributed by atoms with Gasteiger partial charge in [0.1, 0.15) is 0 Å². The second kappa shape index (κ2) is 8.87. The van der Waals surface area contributed by atoms with Crippen LogP contribution >= 0.6 is 23.5 Å². The lowest BCUT2D eigenvalue weighted by Gasteiger charge is -2.45. The highest BCUT2D eigenvalue weighted by Crippen LogP contribution is 2.60. The van der Waals surface area contributed by atoms with E-state index >= 15 is 0 Å². The highest BCUT2D eigenvalue weighted by Gasteiger charge is 2.44. The third-order valence-electron chi connectivity index (χ3n) is 9.68. The fourth-order valence-corrected chi connectivity index (χ4v) is 10.6. The van der Waals surface area contributed by atoms with E-state index in [1.807, 2.05) is 23.5 Å². The summed E-state index contributed by atoms with van der Waals surface area (Å²) in [6.45, 7) is 7.00. The predicted molar refractivity (Wildman–Crippen MR) is 189 cm³/mol. The van der Waals surface area contributed by atoms with E-state index < -0.39 is 0 Å². The molecule has 208 valence electrons. The van der Waals surface area contributed by atoms with Crippen LogP contribution in [0.1, 0.15) is 16.7 Å². The van der Waals surface area contributed by atoms with Crippen molar-refractivity contribution < 1.29 is 0 Å². The molecule has 0 bridgehead atoms. The number of aromatic nitrogens is 1. The van der Waals surface area contributed by atoms with Gasteiger partial charge in [-0.1, -0.05) is 118 Å². The molecule has 7 aromatic rings. The Labute approximate surface area is 265 Å². The quantitative estimate of drug-likeness (QED) is 0.184. The van der Waals surface area contributed by atoms with Crippen LogP contribution in [0.5, 0.6) is 0 Å². The molecule has 1 aromatic heterocycles. The van der Waals surface area contributed by atoms with Gasteiger partial charge in [-0.15, -0.1) is 0 Å². The van der Waals surface area contributed by atoms with Crippen molar-refractivity contribution in [3.8, 4) is 5.69 Å². The van der Waals surface area contributed by atoms with Crippen LogP contribution in [0.25, 0.3) is 27.5 Å². The summed E-state index contributed by atoms with van der Waals surface area (Å²) in [4.78, 5) is 7.91. The van der Waals surface area contributed by atoms with Gasteiger partial charge in [-0.2, -0.15) is 0 Å². The summed E-state index contributed by atoms with van der Waals surface area (Å²) in [7, 11) is 0. The Morgan fingerprint density at radius 3 is 1.59 bits per heavy atom. The van der Waals surface area contributed by atoms with Crippen molar-refractivity contribution in [2.24, 2.45) is 0 Å². The molecule has 0 radical (unpaired) electrons. The molecule has 2 nitrogen and oxygen atoms in total. The Morgan fingerprint density at radius 1 is 0.523 bits per heavy atom. The summed E-state index contributed by atoms with van der Waals surface area (Å²) >= 11 is 3.86. The summed E-state index contributed by atoms with van der Waals surface area (Å²) in [5.41, 5.74) is 16.1. The van der Waals surface area contributed by atoms with Gasteiger partial charge in [-0.3, -0.25) is 0 Å². The Morgan fingerprint density at radius 2 is 1.05 bits per heavy atom. The number of hydrogen-bond acceptors (Lipinski definition) is 3. The Kier molecular flexibility index (Phi) is 5.05. The molecule has 5 heteroatoms. The van der Waals surface area contributed by atoms with Gasteiger partial charge in [0.25, 0.3) is 0 Å². The fourth-order valence-electron chi connectivity index (χ4n) is 8.16. The number of fused-ring (bicyclic) bond motifs is 3. The number of rotatable bonds is 2. The summed E-state index contributed by atoms with van der Waals surface area (Å²) in [5.74, 6) is 0. The lowest BCUT2D eigenvalue weighted by Crippen LogP contribution is -2.59. The molecule has 4 heterocycles. The molecular weight excluding hydrogens is 571 g/mol. The zero-order valence-electron chi connectivity index (χ0n) is 24.7. The molecule has 0 saturated carbocycles. The normalized spacial score (nSPS) is 14.0. The smallest absolute Gasteiger partial charge is 0.247 e. The first kappa shape index (κ1) is 25.1. The molecule has 0 amide bonds. The van der Waals surface area contributed by atoms with Gasteiger partial charge in [0.05, 0.1) is 28.1 Å². The molecule has 3 aliphatic heterocycles. The molecule has 0 fully saturated rings. The monoisotopic (exact) mass is 598 g/mol. The van der Waals surface area contributed by atoms with Crippen molar-refractivity contribution >= 4 is 85.5 Å². The van der Waals surface area contributed by atoms with Crippen LogP contribution in [0.2, 0.25) is 0 Å². The largest absolute Gasteiger partial charge is 0.309 e. The van der Waals surface area contributed by atoms with E-state index in [1.54, 1.807) is 0 Å². The summed E-state index contributed by atoms with van der Waals surface area (Å²) in [5, 5.41) is 2.59. The SMILES string of the molecule is Cc1cc(C)c(B2c3cccc4c3N3c5c(cc(-n6c7ccccc7c7ccccc76)cc5Sc5cccc2c53)S4)c(C)c1. The highest BCUT2D eigenvalue weighted by molar-refractivity contribution is 8.00. The molecule has 44 heavy (non-hydrogen) atoms. The molecular formula is C39H27BN2S2. The minimum Gasteiger partial charge on any atom is -0.309 e. The number of aryl methyl sites for hydroxylation is 3. The van der Waals surface area contributed by atoms with Gasteiger partial charge in [-0.25, -0.2) is 0 Å². The second-order valence-electron chi connectivity index (χ2n) is 12.3. The van der Waals surface area contributed by atoms with Crippen molar-refractivity contribution in [1.82, 2.24) is 4.57 Å². The van der Waals surface area contributed by atoms with E-state index in [1.165, 1.54) is 97.2 Å². The molecule has 0 unspecified atom stereocenters. The molecule has 0 saturated heterocycles. The van der Waals surface area contributed by atoms with Gasteiger partial charge in [0.2, 0.25) is 6.71 Å². The lowest BCUT2D eigenvalue weighted by atomic mass is 9.34. The van der Waals surface area contributed by atoms with Crippen LogP contribution in [0.3, 0.4) is 0 Å². The highest BCUT2D eigenvalue weighted by atomic mass is 32.2. The molecule has 0 aliphatic carbocycles. The Balaban J connectivity index is 1.25. The van der Waals surface area contributed by atoms with E-state index in [9.17, 15) is 0 Å². The maximum absolute atomic E-state index is 2.61. The topological polar surface area (TPSA) is 8.17 Å². The van der Waals surface area contributed by atoms with Crippen LogP contribution in [-0.4, -0.2) is 11.3 Å². The first-order valence-corrected chi connectivity index (χ1v) is 16.9. The van der Waals surface area contributed by atoms with Crippen LogP contribution in [0.15, 0.2) is 129 Å². The standard InChI is InChI=1S/C39H27BN2S2/c1-22-18-23(2)36(24(3)19-22)40-28-12-8-16-32-37(28)42-38-29(40)13-9-17-33(38)44-35-21-25(20-34(43-32)39(35)42)41-30-14-6-4-10-26(30)27-11-5-7-15-31(27)41/h4-21H,1-3H3. The summed E-state index contributed by atoms with van der Waals surface area (Å²) in [6, 6.07) is 41.1. The Hall–Kier alpha value is -4.32. The van der Waals surface area contributed by atoms with Crippen molar-refractivity contribution in [3.05, 3.63) is 126 Å². The predicted octanol–water partition coefficient (Wildman–Crippen LogP) is 8.94. The van der Waals surface area contributed by atoms with Crippen LogP contribution < -0.4 is 21.3 Å². The maximum Gasteiger partial charge on any atom is 0.247 e. The Bertz CT molecular complexity index is 2250. The molecule has 10 rings (SSSR count). The van der Waals surface area contributed by atoms with Gasteiger partial charge in [0.15, 0.2) is 0 Å². The second-order valence-corrected chi connectivity index (χ2v) is 14.5. The molecule has 0 N–H and O–H groups in total. The first-order chi connectivity index (χ1) is 21.6. The minimum atomic E-state index is 0.206. The maximum atomic E-state index is 2.61. The van der Waals surface area contributed by atoms with E-state index in [-0.39, 0.29) is 6.71 Å². The number of para-hydroxylation sites is 4. The van der Waals surface area contributed by atoms with Crippen molar-refractivity contribution in [2.45, 2.75) is 40.4 Å². The van der Waals surface area contributed by atoms with E-state index in [2.05, 4.69) is 139 Å². The summed E-state index contributed by atoms with van der Waals surface area (Å²) < 4.78 is 2.45. The van der Waals surface area contributed by atoms with Crippen LogP contribution in [0, 0.1) is 20.8 Å². The number of nitrogens with zero attached hydrogens (tertiary/aromatic N) is 2. The van der Waals surface area contributed by atoms with Crippen LogP contribution in [0.4, 0.5) is 17.1 Å². The van der Waals surface area contributed by atoms with Crippen molar-refractivity contribution in [1.29, 1.82) is 0 Å². The first-order valence-electron chi connectivity index (χ1n) is 15.2. The number of benzene rings is 6. The minimum absolute atomic E-state index is 0.206. The van der Waals surface area contributed by atoms with Gasteiger partial charge < -0.3 is 9.47 Å². The number of hydrogen-bond donors (Lipinski definition) is 0. The zero-order valence-corrected chi connectivity index (χ0v) is 26.3. The fraction of sp³-hybridized carbons (Fsp3) is 0.0769. The van der Waals surface area contributed by atoms with E-state index in [0.29, 0.717) is 0 Å². The average Bonchev–Trinajstić information content (AvgIpc) is 3.36. The van der Waals surface area contributed by atoms with Crippen molar-refractivity contribution in [2.75, 3.05) is 4.90 Å². The molecule has 0 atom stereocenters. The third-order valence-corrected chi connectivity index (χ3v) is 11.8. The lowest BCUT2D eigenvalue weighted by molar-refractivity contribution is 1.06. The zero-order chi connectivity index (χ0) is 29.3. The van der Waals surface area contributed by atoms with E-state index in [4.69, 9.17) is 0 Å². The number of anilines is 3.